The van der Waals surface area contributed by atoms with Crippen molar-refractivity contribution in [2.45, 2.75) is 58.9 Å². The van der Waals surface area contributed by atoms with Gasteiger partial charge in [0.15, 0.2) is 0 Å². The lowest BCUT2D eigenvalue weighted by Gasteiger charge is -2.29. The van der Waals surface area contributed by atoms with Gasteiger partial charge in [0.1, 0.15) is 6.04 Å². The summed E-state index contributed by atoms with van der Waals surface area (Å²) in [6, 6.07) is -0.376. The molecule has 0 aromatic carbocycles. The molecule has 7 heteroatoms. The van der Waals surface area contributed by atoms with E-state index < -0.39 is 0 Å². The van der Waals surface area contributed by atoms with Gasteiger partial charge in [-0.25, -0.2) is 0 Å². The van der Waals surface area contributed by atoms with E-state index in [0.29, 0.717) is 58.4 Å². The molecule has 0 bridgehead atoms. The van der Waals surface area contributed by atoms with E-state index in [-0.39, 0.29) is 23.9 Å². The number of hydrogen-bond acceptors (Lipinski definition) is 7. The maximum Gasteiger partial charge on any atom is 0.323 e. The molecule has 0 aromatic rings. The third-order valence-corrected chi connectivity index (χ3v) is 3.56. The van der Waals surface area contributed by atoms with Crippen LogP contribution in [0.5, 0.6) is 0 Å². The van der Waals surface area contributed by atoms with Crippen LogP contribution in [0.25, 0.3) is 0 Å². The molecule has 0 N–H and O–H groups in total. The molecule has 0 heterocycles. The van der Waals surface area contributed by atoms with E-state index in [9.17, 15) is 14.4 Å². The SMILES string of the molecule is CCOC(=O)CCCN(CCCC(=O)OCC)C(CC)C(=O)OC. The number of nitrogens with zero attached hydrogens (tertiary/aromatic N) is 1. The van der Waals surface area contributed by atoms with Crippen molar-refractivity contribution in [1.29, 1.82) is 0 Å². The van der Waals surface area contributed by atoms with E-state index in [1.165, 1.54) is 7.11 Å². The standard InChI is InChI=1S/C17H31NO6/c1-5-14(17(21)22-4)18(12-8-10-15(19)23-6-2)13-9-11-16(20)24-7-3/h14H,5-13H2,1-4H3. The van der Waals surface area contributed by atoms with Crippen LogP contribution in [0.15, 0.2) is 0 Å². The molecule has 0 aromatic heterocycles. The van der Waals surface area contributed by atoms with Crippen molar-refractivity contribution in [2.24, 2.45) is 0 Å². The Hall–Kier alpha value is -1.63. The van der Waals surface area contributed by atoms with E-state index >= 15 is 0 Å². The van der Waals surface area contributed by atoms with Crippen molar-refractivity contribution in [1.82, 2.24) is 4.90 Å². The van der Waals surface area contributed by atoms with Crippen LogP contribution in [-0.4, -0.2) is 62.3 Å². The molecule has 0 amide bonds. The Morgan fingerprint density at radius 2 is 1.33 bits per heavy atom. The van der Waals surface area contributed by atoms with Gasteiger partial charge in [-0.3, -0.25) is 19.3 Å². The first-order chi connectivity index (χ1) is 11.5. The average Bonchev–Trinajstić information content (AvgIpc) is 2.55. The van der Waals surface area contributed by atoms with Crippen LogP contribution in [-0.2, 0) is 28.6 Å². The molecule has 0 rings (SSSR count). The number of carbonyl (C=O) groups excluding carboxylic acids is 3. The highest BCUT2D eigenvalue weighted by atomic mass is 16.5. The van der Waals surface area contributed by atoms with E-state index in [4.69, 9.17) is 14.2 Å². The highest BCUT2D eigenvalue weighted by molar-refractivity contribution is 5.75. The fourth-order valence-electron chi connectivity index (χ4n) is 2.45. The Morgan fingerprint density at radius 3 is 1.67 bits per heavy atom. The molecule has 0 saturated heterocycles. The number of rotatable bonds is 13. The van der Waals surface area contributed by atoms with E-state index in [1.807, 2.05) is 11.8 Å². The number of esters is 3. The summed E-state index contributed by atoms with van der Waals surface area (Å²) in [6.07, 6.45) is 2.39. The quantitative estimate of drug-likeness (QED) is 0.372. The first-order valence-electron chi connectivity index (χ1n) is 8.63. The second-order valence-corrected chi connectivity index (χ2v) is 5.30. The minimum atomic E-state index is -0.376. The topological polar surface area (TPSA) is 82.1 Å². The predicted molar refractivity (Wildman–Crippen MR) is 89.4 cm³/mol. The molecule has 1 unspecified atom stereocenters. The van der Waals surface area contributed by atoms with Gasteiger partial charge in [0.05, 0.1) is 20.3 Å². The monoisotopic (exact) mass is 345 g/mol. The molecule has 0 saturated carbocycles. The molecule has 0 aliphatic carbocycles. The van der Waals surface area contributed by atoms with Crippen molar-refractivity contribution in [3.8, 4) is 0 Å². The Morgan fingerprint density at radius 1 is 0.875 bits per heavy atom. The van der Waals surface area contributed by atoms with Crippen LogP contribution in [0, 0.1) is 0 Å². The largest absolute Gasteiger partial charge is 0.468 e. The average molecular weight is 345 g/mol. The fourth-order valence-corrected chi connectivity index (χ4v) is 2.45. The molecule has 7 nitrogen and oxygen atoms in total. The first-order valence-corrected chi connectivity index (χ1v) is 8.63. The van der Waals surface area contributed by atoms with Gasteiger partial charge in [0.2, 0.25) is 0 Å². The molecule has 140 valence electrons. The Balaban J connectivity index is 4.55. The molecule has 0 spiro atoms. The van der Waals surface area contributed by atoms with Crippen LogP contribution >= 0.6 is 0 Å². The summed E-state index contributed by atoms with van der Waals surface area (Å²) in [6.45, 7) is 7.30. The summed E-state index contributed by atoms with van der Waals surface area (Å²) in [5.74, 6) is -0.782. The highest BCUT2D eigenvalue weighted by Crippen LogP contribution is 2.11. The number of carbonyl (C=O) groups is 3. The Bertz CT molecular complexity index is 361. The summed E-state index contributed by atoms with van der Waals surface area (Å²) in [7, 11) is 1.36. The lowest BCUT2D eigenvalue weighted by atomic mass is 10.1. The molecular formula is C17H31NO6. The summed E-state index contributed by atoms with van der Waals surface area (Å²) in [5, 5.41) is 0. The zero-order valence-corrected chi connectivity index (χ0v) is 15.3. The zero-order chi connectivity index (χ0) is 18.4. The molecule has 0 aliphatic heterocycles. The summed E-state index contributed by atoms with van der Waals surface area (Å²) in [5.41, 5.74) is 0. The van der Waals surface area contributed by atoms with Gasteiger partial charge >= 0.3 is 17.9 Å². The van der Waals surface area contributed by atoms with Gasteiger partial charge in [-0.05, 0) is 46.2 Å². The number of methoxy groups -OCH3 is 1. The first kappa shape index (κ1) is 22.4. The van der Waals surface area contributed by atoms with E-state index in [2.05, 4.69) is 0 Å². The second kappa shape index (κ2) is 13.8. The summed E-state index contributed by atoms with van der Waals surface area (Å²) in [4.78, 5) is 36.8. The smallest absolute Gasteiger partial charge is 0.323 e. The van der Waals surface area contributed by atoms with Gasteiger partial charge in [0, 0.05) is 12.8 Å². The summed E-state index contributed by atoms with van der Waals surface area (Å²) < 4.78 is 14.7. The van der Waals surface area contributed by atoms with Gasteiger partial charge < -0.3 is 14.2 Å². The van der Waals surface area contributed by atoms with Crippen molar-refractivity contribution >= 4 is 17.9 Å². The minimum absolute atomic E-state index is 0.241. The zero-order valence-electron chi connectivity index (χ0n) is 15.3. The molecule has 0 fully saturated rings. The fraction of sp³-hybridized carbons (Fsp3) is 0.824. The normalized spacial score (nSPS) is 11.9. The summed E-state index contributed by atoms with van der Waals surface area (Å²) >= 11 is 0. The third kappa shape index (κ3) is 9.50. The predicted octanol–water partition coefficient (Wildman–Crippen LogP) is 1.93. The highest BCUT2D eigenvalue weighted by Gasteiger charge is 2.25. The van der Waals surface area contributed by atoms with Crippen molar-refractivity contribution in [3.05, 3.63) is 0 Å². The van der Waals surface area contributed by atoms with Gasteiger partial charge in [0.25, 0.3) is 0 Å². The molecule has 0 aliphatic rings. The van der Waals surface area contributed by atoms with Crippen LogP contribution in [0.4, 0.5) is 0 Å². The molecular weight excluding hydrogens is 314 g/mol. The Labute approximate surface area is 144 Å². The van der Waals surface area contributed by atoms with Crippen LogP contribution < -0.4 is 0 Å². The lowest BCUT2D eigenvalue weighted by molar-refractivity contribution is -0.147. The van der Waals surface area contributed by atoms with E-state index in [1.54, 1.807) is 13.8 Å². The molecule has 1 atom stereocenters. The molecule has 0 radical (unpaired) electrons. The van der Waals surface area contributed by atoms with Crippen LogP contribution in [0.1, 0.15) is 52.9 Å². The van der Waals surface area contributed by atoms with Crippen molar-refractivity contribution in [3.63, 3.8) is 0 Å². The third-order valence-electron chi connectivity index (χ3n) is 3.56. The van der Waals surface area contributed by atoms with Gasteiger partial charge in [-0.15, -0.1) is 0 Å². The van der Waals surface area contributed by atoms with E-state index in [0.717, 1.165) is 0 Å². The minimum Gasteiger partial charge on any atom is -0.468 e. The van der Waals surface area contributed by atoms with Crippen molar-refractivity contribution in [2.75, 3.05) is 33.4 Å². The van der Waals surface area contributed by atoms with Crippen LogP contribution in [0.2, 0.25) is 0 Å². The maximum absolute atomic E-state index is 11.9. The number of ether oxygens (including phenoxy) is 3. The lowest BCUT2D eigenvalue weighted by Crippen LogP contribution is -2.43. The van der Waals surface area contributed by atoms with Gasteiger partial charge in [-0.2, -0.15) is 0 Å². The van der Waals surface area contributed by atoms with Gasteiger partial charge in [-0.1, -0.05) is 6.92 Å². The van der Waals surface area contributed by atoms with Crippen LogP contribution in [0.3, 0.4) is 0 Å². The maximum atomic E-state index is 11.9. The molecule has 24 heavy (non-hydrogen) atoms. The Kier molecular flexibility index (Phi) is 12.8. The number of hydrogen-bond donors (Lipinski definition) is 0. The second-order valence-electron chi connectivity index (χ2n) is 5.30. The van der Waals surface area contributed by atoms with Crippen molar-refractivity contribution < 1.29 is 28.6 Å².